The molecular weight excluding hydrogens is 310 g/mol. The first-order valence-electron chi connectivity index (χ1n) is 6.92. The van der Waals surface area contributed by atoms with Crippen LogP contribution in [0.15, 0.2) is 54.7 Å². The summed E-state index contributed by atoms with van der Waals surface area (Å²) in [5.74, 6) is -0.353. The van der Waals surface area contributed by atoms with E-state index in [0.29, 0.717) is 10.6 Å². The molecule has 4 rings (SSSR count). The highest BCUT2D eigenvalue weighted by Crippen LogP contribution is 2.39. The lowest BCUT2D eigenvalue weighted by Gasteiger charge is -2.01. The summed E-state index contributed by atoms with van der Waals surface area (Å²) in [4.78, 5) is 4.30. The molecule has 23 heavy (non-hydrogen) atoms. The van der Waals surface area contributed by atoms with E-state index in [1.54, 1.807) is 18.3 Å². The molecular formula is C17H11N3O2S. The molecule has 2 heterocycles. The summed E-state index contributed by atoms with van der Waals surface area (Å²) in [7, 11) is 0. The molecule has 0 saturated heterocycles. The maximum atomic E-state index is 9.95. The molecule has 0 amide bonds. The first-order chi connectivity index (χ1) is 11.2. The number of hydrogen-bond donors (Lipinski definition) is 2. The van der Waals surface area contributed by atoms with Crippen LogP contribution < -0.4 is 0 Å². The lowest BCUT2D eigenvalue weighted by molar-refractivity contribution is 0.405. The Balaban J connectivity index is 1.78. The van der Waals surface area contributed by atoms with Crippen molar-refractivity contribution in [2.45, 2.75) is 0 Å². The minimum atomic E-state index is -0.182. The first-order valence-corrected chi connectivity index (χ1v) is 7.74. The number of benzene rings is 2. The number of hydrogen-bond acceptors (Lipinski definition) is 6. The van der Waals surface area contributed by atoms with E-state index in [2.05, 4.69) is 15.2 Å². The topological polar surface area (TPSA) is 79.1 Å². The summed E-state index contributed by atoms with van der Waals surface area (Å²) in [6, 6.07) is 14.6. The molecule has 2 aromatic heterocycles. The van der Waals surface area contributed by atoms with Crippen molar-refractivity contribution in [1.82, 2.24) is 15.2 Å². The number of phenolic OH excluding ortho intramolecular Hbond substituents is 2. The molecule has 0 aliphatic heterocycles. The van der Waals surface area contributed by atoms with Crippen molar-refractivity contribution in [2.24, 2.45) is 0 Å². The molecule has 0 spiro atoms. The number of phenols is 2. The normalized spacial score (nSPS) is 11.0. The Morgan fingerprint density at radius 1 is 0.870 bits per heavy atom. The Labute approximate surface area is 135 Å². The average molecular weight is 321 g/mol. The SMILES string of the molecule is Oc1cccc(-c2nnc(-c3ccc4ncccc4c3)s2)c1O. The van der Waals surface area contributed by atoms with Crippen molar-refractivity contribution in [1.29, 1.82) is 0 Å². The fraction of sp³-hybridized carbons (Fsp3) is 0. The van der Waals surface area contributed by atoms with Gasteiger partial charge >= 0.3 is 0 Å². The molecule has 0 fully saturated rings. The van der Waals surface area contributed by atoms with Gasteiger partial charge in [-0.15, -0.1) is 10.2 Å². The van der Waals surface area contributed by atoms with E-state index in [-0.39, 0.29) is 11.5 Å². The molecule has 2 N–H and O–H groups in total. The molecule has 5 nitrogen and oxygen atoms in total. The third-order valence-electron chi connectivity index (χ3n) is 3.52. The van der Waals surface area contributed by atoms with Crippen molar-refractivity contribution >= 4 is 22.2 Å². The van der Waals surface area contributed by atoms with Crippen molar-refractivity contribution in [3.8, 4) is 32.6 Å². The molecule has 112 valence electrons. The van der Waals surface area contributed by atoms with E-state index < -0.39 is 0 Å². The highest BCUT2D eigenvalue weighted by atomic mass is 32.1. The van der Waals surface area contributed by atoms with E-state index in [4.69, 9.17) is 0 Å². The van der Waals surface area contributed by atoms with Gasteiger partial charge in [0.15, 0.2) is 16.5 Å². The van der Waals surface area contributed by atoms with Crippen LogP contribution in [0, 0.1) is 0 Å². The first kappa shape index (κ1) is 13.7. The Hall–Kier alpha value is -2.99. The molecule has 0 saturated carbocycles. The van der Waals surface area contributed by atoms with Crippen molar-refractivity contribution in [3.63, 3.8) is 0 Å². The number of fused-ring (bicyclic) bond motifs is 1. The van der Waals surface area contributed by atoms with Crippen LogP contribution in [0.1, 0.15) is 0 Å². The van der Waals surface area contributed by atoms with Crippen molar-refractivity contribution < 1.29 is 10.2 Å². The monoisotopic (exact) mass is 321 g/mol. The van der Waals surface area contributed by atoms with Crippen LogP contribution in [0.3, 0.4) is 0 Å². The highest BCUT2D eigenvalue weighted by molar-refractivity contribution is 7.18. The summed E-state index contributed by atoms with van der Waals surface area (Å²) in [5.41, 5.74) is 2.33. The van der Waals surface area contributed by atoms with Crippen molar-refractivity contribution in [2.75, 3.05) is 0 Å². The quantitative estimate of drug-likeness (QED) is 0.549. The predicted molar refractivity (Wildman–Crippen MR) is 89.4 cm³/mol. The lowest BCUT2D eigenvalue weighted by Crippen LogP contribution is -1.80. The van der Waals surface area contributed by atoms with Crippen LogP contribution in [-0.4, -0.2) is 25.4 Å². The molecule has 0 aliphatic carbocycles. The maximum Gasteiger partial charge on any atom is 0.167 e. The van der Waals surface area contributed by atoms with Gasteiger partial charge in [-0.1, -0.05) is 23.5 Å². The fourth-order valence-corrected chi connectivity index (χ4v) is 3.23. The molecule has 0 unspecified atom stereocenters. The van der Waals surface area contributed by atoms with E-state index in [0.717, 1.165) is 21.5 Å². The second kappa shape index (κ2) is 5.33. The molecule has 6 heteroatoms. The Kier molecular flexibility index (Phi) is 3.17. The number of pyridine rings is 1. The van der Waals surface area contributed by atoms with Crippen LogP contribution in [0.4, 0.5) is 0 Å². The lowest BCUT2D eigenvalue weighted by atomic mass is 10.1. The standard InChI is InChI=1S/C17H11N3O2S/c21-14-5-1-4-12(15(14)22)17-20-19-16(23-17)11-6-7-13-10(9-11)3-2-8-18-13/h1-9,21-22H. The minimum absolute atomic E-state index is 0.170. The van der Waals surface area contributed by atoms with Crippen LogP contribution in [0.2, 0.25) is 0 Å². The van der Waals surface area contributed by atoms with Gasteiger partial charge in [0.05, 0.1) is 11.1 Å². The summed E-state index contributed by atoms with van der Waals surface area (Å²) in [6.07, 6.45) is 1.76. The van der Waals surface area contributed by atoms with Crippen molar-refractivity contribution in [3.05, 3.63) is 54.7 Å². The Bertz CT molecular complexity index is 1010. The maximum absolute atomic E-state index is 9.95. The van der Waals surface area contributed by atoms with Crippen LogP contribution >= 0.6 is 11.3 Å². The molecule has 2 aromatic carbocycles. The average Bonchev–Trinajstić information content (AvgIpc) is 3.07. The van der Waals surface area contributed by atoms with Gasteiger partial charge in [-0.2, -0.15) is 0 Å². The van der Waals surface area contributed by atoms with E-state index >= 15 is 0 Å². The predicted octanol–water partition coefficient (Wildman–Crippen LogP) is 3.83. The Morgan fingerprint density at radius 3 is 2.65 bits per heavy atom. The van der Waals surface area contributed by atoms with E-state index in [9.17, 15) is 10.2 Å². The number of rotatable bonds is 2. The van der Waals surface area contributed by atoms with Crippen LogP contribution in [0.25, 0.3) is 32.0 Å². The van der Waals surface area contributed by atoms with Gasteiger partial charge in [0.2, 0.25) is 0 Å². The van der Waals surface area contributed by atoms with Gasteiger partial charge in [0.25, 0.3) is 0 Å². The second-order valence-electron chi connectivity index (χ2n) is 5.00. The van der Waals surface area contributed by atoms with E-state index in [1.807, 2.05) is 30.3 Å². The van der Waals surface area contributed by atoms with Gasteiger partial charge in [-0.05, 0) is 36.4 Å². The van der Waals surface area contributed by atoms with Gasteiger partial charge in [-0.25, -0.2) is 0 Å². The molecule has 4 aromatic rings. The summed E-state index contributed by atoms with van der Waals surface area (Å²) < 4.78 is 0. The summed E-state index contributed by atoms with van der Waals surface area (Å²) in [6.45, 7) is 0. The highest BCUT2D eigenvalue weighted by Gasteiger charge is 2.14. The number of aromatic nitrogens is 3. The largest absolute Gasteiger partial charge is 0.504 e. The number of nitrogens with zero attached hydrogens (tertiary/aromatic N) is 3. The zero-order chi connectivity index (χ0) is 15.8. The number of para-hydroxylation sites is 1. The minimum Gasteiger partial charge on any atom is -0.504 e. The Morgan fingerprint density at radius 2 is 1.74 bits per heavy atom. The van der Waals surface area contributed by atoms with Gasteiger partial charge in [0.1, 0.15) is 5.01 Å². The third kappa shape index (κ3) is 2.39. The zero-order valence-corrected chi connectivity index (χ0v) is 12.7. The van der Waals surface area contributed by atoms with E-state index in [1.165, 1.54) is 17.4 Å². The smallest absolute Gasteiger partial charge is 0.167 e. The van der Waals surface area contributed by atoms with Gasteiger partial charge in [-0.3, -0.25) is 4.98 Å². The summed E-state index contributed by atoms with van der Waals surface area (Å²) in [5, 5.41) is 30.2. The molecule has 0 aliphatic rings. The second-order valence-corrected chi connectivity index (χ2v) is 5.97. The zero-order valence-electron chi connectivity index (χ0n) is 11.8. The third-order valence-corrected chi connectivity index (χ3v) is 4.53. The van der Waals surface area contributed by atoms with Gasteiger partial charge < -0.3 is 10.2 Å². The molecule has 0 bridgehead atoms. The van der Waals surface area contributed by atoms with Crippen LogP contribution in [0.5, 0.6) is 11.5 Å². The fourth-order valence-electron chi connectivity index (χ4n) is 2.36. The van der Waals surface area contributed by atoms with Gasteiger partial charge in [0, 0.05) is 17.1 Å². The molecule has 0 radical (unpaired) electrons. The number of aromatic hydroxyl groups is 2. The van der Waals surface area contributed by atoms with Crippen LogP contribution in [-0.2, 0) is 0 Å². The molecule has 0 atom stereocenters. The summed E-state index contributed by atoms with van der Waals surface area (Å²) >= 11 is 1.36.